The van der Waals surface area contributed by atoms with Crippen molar-refractivity contribution in [3.8, 4) is 11.5 Å². The van der Waals surface area contributed by atoms with E-state index in [2.05, 4.69) is 5.32 Å². The molecule has 26 heavy (non-hydrogen) atoms. The van der Waals surface area contributed by atoms with Crippen molar-refractivity contribution in [3.05, 3.63) is 54.6 Å². The van der Waals surface area contributed by atoms with Gasteiger partial charge in [-0.05, 0) is 43.7 Å². The predicted octanol–water partition coefficient (Wildman–Crippen LogP) is 3.36. The number of likely N-dealkylation sites (tertiary alicyclic amines) is 1. The van der Waals surface area contributed by atoms with Crippen LogP contribution in [0.4, 0.5) is 5.69 Å². The van der Waals surface area contributed by atoms with Gasteiger partial charge in [0, 0.05) is 13.0 Å². The summed E-state index contributed by atoms with van der Waals surface area (Å²) in [5.41, 5.74) is 0.595. The number of nitrogens with one attached hydrogen (secondary N) is 1. The number of amides is 1. The van der Waals surface area contributed by atoms with Gasteiger partial charge in [-0.1, -0.05) is 30.3 Å². The predicted molar refractivity (Wildman–Crippen MR) is 98.4 cm³/mol. The van der Waals surface area contributed by atoms with E-state index >= 15 is 0 Å². The Bertz CT molecular complexity index is 763. The molecule has 2 aromatic rings. The van der Waals surface area contributed by atoms with Crippen LogP contribution in [0, 0.1) is 0 Å². The number of carbonyl (C=O) groups excluding carboxylic acids is 1. The first kappa shape index (κ1) is 17.9. The quantitative estimate of drug-likeness (QED) is 0.797. The molecule has 1 saturated heterocycles. The topological polar surface area (TPSA) is 78.9 Å². The molecule has 0 aliphatic carbocycles. The van der Waals surface area contributed by atoms with Gasteiger partial charge < -0.3 is 15.2 Å². The van der Waals surface area contributed by atoms with Crippen LogP contribution in [0.1, 0.15) is 19.3 Å². The number of rotatable bonds is 7. The Kier molecular flexibility index (Phi) is 5.86. The van der Waals surface area contributed by atoms with Crippen molar-refractivity contribution >= 4 is 17.6 Å². The smallest absolute Gasteiger partial charge is 0.320 e. The first-order chi connectivity index (χ1) is 12.6. The Hall–Kier alpha value is -2.86. The molecule has 0 aromatic heterocycles. The molecule has 0 spiro atoms. The van der Waals surface area contributed by atoms with E-state index in [4.69, 9.17) is 4.74 Å². The van der Waals surface area contributed by atoms with Crippen LogP contribution in [0.3, 0.4) is 0 Å². The first-order valence-electron chi connectivity index (χ1n) is 8.72. The lowest BCUT2D eigenvalue weighted by atomic mass is 10.2. The van der Waals surface area contributed by atoms with E-state index < -0.39 is 12.0 Å². The highest BCUT2D eigenvalue weighted by molar-refractivity contribution is 5.92. The molecular formula is C20H22N2O4. The Morgan fingerprint density at radius 3 is 2.62 bits per heavy atom. The number of para-hydroxylation sites is 3. The third kappa shape index (κ3) is 4.61. The lowest BCUT2D eigenvalue weighted by Crippen LogP contribution is -2.37. The highest BCUT2D eigenvalue weighted by Crippen LogP contribution is 2.29. The Morgan fingerprint density at radius 1 is 1.12 bits per heavy atom. The largest absolute Gasteiger partial charge is 0.480 e. The number of carboxylic acids is 1. The van der Waals surface area contributed by atoms with Crippen LogP contribution in [0.15, 0.2) is 54.6 Å². The summed E-state index contributed by atoms with van der Waals surface area (Å²) in [4.78, 5) is 25.4. The molecule has 0 bridgehead atoms. The highest BCUT2D eigenvalue weighted by atomic mass is 16.5. The average molecular weight is 354 g/mol. The maximum absolute atomic E-state index is 12.3. The van der Waals surface area contributed by atoms with Crippen molar-refractivity contribution in [1.29, 1.82) is 0 Å². The summed E-state index contributed by atoms with van der Waals surface area (Å²) in [6.45, 7) is 1.16. The Balaban J connectivity index is 1.58. The highest BCUT2D eigenvalue weighted by Gasteiger charge is 2.30. The molecule has 3 rings (SSSR count). The van der Waals surface area contributed by atoms with Crippen LogP contribution in [-0.4, -0.2) is 41.0 Å². The van der Waals surface area contributed by atoms with Gasteiger partial charge in [-0.15, -0.1) is 0 Å². The van der Waals surface area contributed by atoms with E-state index in [9.17, 15) is 14.7 Å². The summed E-state index contributed by atoms with van der Waals surface area (Å²) in [6, 6.07) is 16.1. The molecule has 1 heterocycles. The third-order valence-corrected chi connectivity index (χ3v) is 4.41. The molecule has 136 valence electrons. The van der Waals surface area contributed by atoms with Crippen LogP contribution < -0.4 is 10.1 Å². The number of hydrogen-bond donors (Lipinski definition) is 2. The Labute approximate surface area is 152 Å². The second-order valence-electron chi connectivity index (χ2n) is 6.24. The van der Waals surface area contributed by atoms with E-state index in [1.165, 1.54) is 0 Å². The molecular weight excluding hydrogens is 332 g/mol. The van der Waals surface area contributed by atoms with Crippen molar-refractivity contribution in [2.45, 2.75) is 25.3 Å². The number of nitrogens with zero attached hydrogens (tertiary/aromatic N) is 1. The molecule has 1 atom stereocenters. The van der Waals surface area contributed by atoms with Crippen molar-refractivity contribution in [2.24, 2.45) is 0 Å². The number of ether oxygens (including phenoxy) is 1. The van der Waals surface area contributed by atoms with Crippen LogP contribution in [0.5, 0.6) is 11.5 Å². The van der Waals surface area contributed by atoms with Crippen LogP contribution in [-0.2, 0) is 9.59 Å². The van der Waals surface area contributed by atoms with Crippen molar-refractivity contribution in [2.75, 3.05) is 18.4 Å². The van der Waals surface area contributed by atoms with Crippen molar-refractivity contribution < 1.29 is 19.4 Å². The van der Waals surface area contributed by atoms with Gasteiger partial charge in [0.2, 0.25) is 5.91 Å². The maximum Gasteiger partial charge on any atom is 0.320 e. The number of benzene rings is 2. The zero-order chi connectivity index (χ0) is 18.4. The molecule has 2 aromatic carbocycles. The van der Waals surface area contributed by atoms with Gasteiger partial charge in [0.1, 0.15) is 11.8 Å². The average Bonchev–Trinajstić information content (AvgIpc) is 3.11. The number of hydrogen-bond acceptors (Lipinski definition) is 4. The summed E-state index contributed by atoms with van der Waals surface area (Å²) >= 11 is 0. The van der Waals surface area contributed by atoms with Crippen LogP contribution >= 0.6 is 0 Å². The van der Waals surface area contributed by atoms with Gasteiger partial charge >= 0.3 is 5.97 Å². The molecule has 6 nitrogen and oxygen atoms in total. The van der Waals surface area contributed by atoms with Crippen LogP contribution in [0.2, 0.25) is 0 Å². The van der Waals surface area contributed by atoms with Gasteiger partial charge in [-0.25, -0.2) is 0 Å². The van der Waals surface area contributed by atoms with Crippen molar-refractivity contribution in [3.63, 3.8) is 0 Å². The SMILES string of the molecule is O=C(CCN1CCC[C@H]1C(=O)O)Nc1ccccc1Oc1ccccc1. The molecule has 6 heteroatoms. The number of anilines is 1. The summed E-state index contributed by atoms with van der Waals surface area (Å²) < 4.78 is 5.83. The minimum Gasteiger partial charge on any atom is -0.480 e. The van der Waals surface area contributed by atoms with Crippen LogP contribution in [0.25, 0.3) is 0 Å². The molecule has 2 N–H and O–H groups in total. The summed E-state index contributed by atoms with van der Waals surface area (Å²) in [7, 11) is 0. The van der Waals surface area contributed by atoms with Gasteiger partial charge in [-0.2, -0.15) is 0 Å². The minimum atomic E-state index is -0.815. The van der Waals surface area contributed by atoms with E-state index in [1.807, 2.05) is 47.4 Å². The summed E-state index contributed by atoms with van der Waals surface area (Å²) in [5, 5.41) is 12.1. The maximum atomic E-state index is 12.3. The molecule has 0 unspecified atom stereocenters. The standard InChI is InChI=1S/C20H22N2O4/c23-19(12-14-22-13-6-10-17(22)20(24)25)21-16-9-4-5-11-18(16)26-15-7-2-1-3-8-15/h1-5,7-9,11,17H,6,10,12-14H2,(H,21,23)(H,24,25)/t17-/m0/s1. The van der Waals surface area contributed by atoms with E-state index in [0.29, 0.717) is 30.2 Å². The molecule has 1 aliphatic heterocycles. The second kappa shape index (κ2) is 8.49. The lowest BCUT2D eigenvalue weighted by molar-refractivity contribution is -0.142. The van der Waals surface area contributed by atoms with Crippen molar-refractivity contribution in [1.82, 2.24) is 4.90 Å². The lowest BCUT2D eigenvalue weighted by Gasteiger charge is -2.20. The zero-order valence-corrected chi connectivity index (χ0v) is 14.4. The summed E-state index contributed by atoms with van der Waals surface area (Å²) in [6.07, 6.45) is 1.74. The minimum absolute atomic E-state index is 0.162. The monoisotopic (exact) mass is 354 g/mol. The van der Waals surface area contributed by atoms with Gasteiger partial charge in [0.05, 0.1) is 5.69 Å². The molecule has 1 aliphatic rings. The summed E-state index contributed by atoms with van der Waals surface area (Å²) in [5.74, 6) is 0.280. The molecule has 1 fully saturated rings. The Morgan fingerprint density at radius 2 is 1.85 bits per heavy atom. The third-order valence-electron chi connectivity index (χ3n) is 4.41. The van der Waals surface area contributed by atoms with Gasteiger partial charge in [0.25, 0.3) is 0 Å². The normalized spacial score (nSPS) is 17.0. The van der Waals surface area contributed by atoms with Gasteiger partial charge in [0.15, 0.2) is 5.75 Å². The molecule has 0 saturated carbocycles. The molecule has 1 amide bonds. The van der Waals surface area contributed by atoms with E-state index in [1.54, 1.807) is 12.1 Å². The zero-order valence-electron chi connectivity index (χ0n) is 14.4. The van der Waals surface area contributed by atoms with Gasteiger partial charge in [-0.3, -0.25) is 14.5 Å². The van der Waals surface area contributed by atoms with E-state index in [-0.39, 0.29) is 12.3 Å². The fourth-order valence-corrected chi connectivity index (χ4v) is 3.11. The molecule has 0 radical (unpaired) electrons. The number of aliphatic carboxylic acids is 1. The van der Waals surface area contributed by atoms with E-state index in [0.717, 1.165) is 13.0 Å². The number of carboxylic acid groups (broad SMARTS) is 1. The number of carbonyl (C=O) groups is 2. The fraction of sp³-hybridized carbons (Fsp3) is 0.300. The second-order valence-corrected chi connectivity index (χ2v) is 6.24. The fourth-order valence-electron chi connectivity index (χ4n) is 3.11. The first-order valence-corrected chi connectivity index (χ1v) is 8.72.